The summed E-state index contributed by atoms with van der Waals surface area (Å²) in [5.74, 6) is -5.17. The first kappa shape index (κ1) is 32.8. The Balaban J connectivity index is 1.83. The van der Waals surface area contributed by atoms with Crippen molar-refractivity contribution in [1.82, 2.24) is 25.3 Å². The zero-order chi connectivity index (χ0) is 31.6. The fraction of sp³-hybridized carbons (Fsp3) is 0.567. The Morgan fingerprint density at radius 2 is 1.52 bits per heavy atom. The van der Waals surface area contributed by atoms with Gasteiger partial charge in [0.25, 0.3) is 11.7 Å². The number of rotatable bonds is 9. The molecule has 3 atom stereocenters. The van der Waals surface area contributed by atoms with Gasteiger partial charge in [0.1, 0.15) is 12.1 Å². The zero-order valence-electron chi connectivity index (χ0n) is 25.1. The number of Topliss-reactive ketones (excluding diaryl/α,β-unsaturated/α-hetero) is 1. The van der Waals surface area contributed by atoms with Crippen LogP contribution >= 0.6 is 0 Å². The average Bonchev–Trinajstić information content (AvgIpc) is 3.57. The van der Waals surface area contributed by atoms with E-state index in [2.05, 4.69) is 15.7 Å². The SMILES string of the molecule is CC(C)[C@H](NC(=O)c1cc(C(C)(C)C)n(-c2ccccc2)n1)C(=O)N1CCC[C@H]1C(=O)N[C@H](C(=O)C(F)(F)F)C(C)C. The minimum atomic E-state index is -5.11. The van der Waals surface area contributed by atoms with Crippen LogP contribution in [0.4, 0.5) is 13.2 Å². The predicted molar refractivity (Wildman–Crippen MR) is 151 cm³/mol. The van der Waals surface area contributed by atoms with Crippen LogP contribution in [0.25, 0.3) is 5.69 Å². The number of likely N-dealkylation sites (tertiary alicyclic amines) is 1. The molecule has 1 aromatic heterocycles. The molecule has 1 saturated heterocycles. The second kappa shape index (κ2) is 12.7. The van der Waals surface area contributed by atoms with Gasteiger partial charge in [-0.25, -0.2) is 4.68 Å². The summed E-state index contributed by atoms with van der Waals surface area (Å²) >= 11 is 0. The third kappa shape index (κ3) is 7.38. The van der Waals surface area contributed by atoms with Gasteiger partial charge in [0, 0.05) is 12.0 Å². The Labute approximate surface area is 244 Å². The number of hydrogen-bond acceptors (Lipinski definition) is 5. The molecular formula is C30H40F3N5O4. The van der Waals surface area contributed by atoms with Crippen LogP contribution in [0, 0.1) is 11.8 Å². The van der Waals surface area contributed by atoms with Crippen molar-refractivity contribution >= 4 is 23.5 Å². The van der Waals surface area contributed by atoms with Crippen LogP contribution in [-0.2, 0) is 19.8 Å². The van der Waals surface area contributed by atoms with E-state index in [1.54, 1.807) is 24.6 Å². The number of aromatic nitrogens is 2. The lowest BCUT2D eigenvalue weighted by atomic mass is 9.91. The number of amides is 3. The number of halogens is 3. The molecular weight excluding hydrogens is 551 g/mol. The molecule has 1 aliphatic rings. The largest absolute Gasteiger partial charge is 0.452 e. The molecule has 0 aliphatic carbocycles. The van der Waals surface area contributed by atoms with Gasteiger partial charge in [-0.3, -0.25) is 19.2 Å². The van der Waals surface area contributed by atoms with Crippen LogP contribution in [0.1, 0.15) is 77.5 Å². The topological polar surface area (TPSA) is 113 Å². The second-order valence-corrected chi connectivity index (χ2v) is 12.4. The molecule has 2 N–H and O–H groups in total. The highest BCUT2D eigenvalue weighted by atomic mass is 19.4. The highest BCUT2D eigenvalue weighted by Gasteiger charge is 2.46. The maximum absolute atomic E-state index is 13.7. The third-order valence-electron chi connectivity index (χ3n) is 7.30. The summed E-state index contributed by atoms with van der Waals surface area (Å²) in [6.07, 6.45) is -4.45. The highest BCUT2D eigenvalue weighted by Crippen LogP contribution is 2.27. The smallest absolute Gasteiger partial charge is 0.344 e. The van der Waals surface area contributed by atoms with Gasteiger partial charge in [-0.2, -0.15) is 18.3 Å². The number of hydrogen-bond donors (Lipinski definition) is 2. The van der Waals surface area contributed by atoms with Crippen LogP contribution in [0.15, 0.2) is 36.4 Å². The van der Waals surface area contributed by atoms with Crippen LogP contribution in [-0.4, -0.2) is 69.0 Å². The van der Waals surface area contributed by atoms with Crippen molar-refractivity contribution in [3.8, 4) is 5.69 Å². The summed E-state index contributed by atoms with van der Waals surface area (Å²) in [5.41, 5.74) is 1.32. The molecule has 0 saturated carbocycles. The van der Waals surface area contributed by atoms with Gasteiger partial charge >= 0.3 is 6.18 Å². The lowest BCUT2D eigenvalue weighted by Gasteiger charge is -2.31. The Bertz CT molecular complexity index is 1300. The predicted octanol–water partition coefficient (Wildman–Crippen LogP) is 4.19. The molecule has 2 heterocycles. The van der Waals surface area contributed by atoms with E-state index in [1.807, 2.05) is 51.1 Å². The van der Waals surface area contributed by atoms with Crippen LogP contribution in [0.3, 0.4) is 0 Å². The molecule has 0 radical (unpaired) electrons. The van der Waals surface area contributed by atoms with E-state index in [4.69, 9.17) is 0 Å². The molecule has 42 heavy (non-hydrogen) atoms. The standard InChI is InChI=1S/C30H40F3N5O4/c1-17(2)23(25(39)30(31,32)33)34-27(41)21-14-11-15-37(21)28(42)24(18(3)4)35-26(40)20-16-22(29(5,6)7)38(36-20)19-12-9-8-10-13-19/h8-10,12-13,16-18,21,23-24H,11,14-15H2,1-7H3,(H,34,41)(H,35,40)/t21-,23-,24-/m0/s1. The van der Waals surface area contributed by atoms with Crippen LogP contribution in [0.5, 0.6) is 0 Å². The summed E-state index contributed by atoms with van der Waals surface area (Å²) in [6, 6.07) is 7.16. The Hall–Kier alpha value is -3.70. The quantitative estimate of drug-likeness (QED) is 0.454. The summed E-state index contributed by atoms with van der Waals surface area (Å²) in [6.45, 7) is 12.5. The molecule has 1 aliphatic heterocycles. The lowest BCUT2D eigenvalue weighted by Crippen LogP contribution is -2.58. The molecule has 2 aromatic rings. The van der Waals surface area contributed by atoms with Crippen LogP contribution < -0.4 is 10.6 Å². The van der Waals surface area contributed by atoms with Crippen molar-refractivity contribution < 1.29 is 32.3 Å². The van der Waals surface area contributed by atoms with Gasteiger partial charge in [0.2, 0.25) is 11.8 Å². The number of carbonyl (C=O) groups is 4. The molecule has 1 aromatic carbocycles. The minimum absolute atomic E-state index is 0.114. The Morgan fingerprint density at radius 1 is 0.929 bits per heavy atom. The molecule has 3 rings (SSSR count). The van der Waals surface area contributed by atoms with Crippen molar-refractivity contribution in [2.75, 3.05) is 6.54 Å². The van der Waals surface area contributed by atoms with E-state index in [0.29, 0.717) is 6.42 Å². The monoisotopic (exact) mass is 591 g/mol. The van der Waals surface area contributed by atoms with Gasteiger partial charge < -0.3 is 15.5 Å². The van der Waals surface area contributed by atoms with Gasteiger partial charge in [0.05, 0.1) is 17.4 Å². The van der Waals surface area contributed by atoms with Crippen molar-refractivity contribution in [2.45, 2.75) is 91.0 Å². The first-order chi connectivity index (χ1) is 19.4. The number of para-hydroxylation sites is 1. The average molecular weight is 592 g/mol. The fourth-order valence-corrected chi connectivity index (χ4v) is 4.96. The fourth-order valence-electron chi connectivity index (χ4n) is 4.96. The van der Waals surface area contributed by atoms with E-state index in [9.17, 15) is 32.3 Å². The van der Waals surface area contributed by atoms with Crippen molar-refractivity contribution in [3.63, 3.8) is 0 Å². The van der Waals surface area contributed by atoms with E-state index >= 15 is 0 Å². The molecule has 9 nitrogen and oxygen atoms in total. The third-order valence-corrected chi connectivity index (χ3v) is 7.30. The van der Waals surface area contributed by atoms with E-state index in [1.165, 1.54) is 18.7 Å². The molecule has 3 amide bonds. The number of nitrogens with one attached hydrogen (secondary N) is 2. The van der Waals surface area contributed by atoms with Gasteiger partial charge in [-0.1, -0.05) is 66.7 Å². The highest BCUT2D eigenvalue weighted by molar-refractivity contribution is 5.98. The number of carbonyl (C=O) groups excluding carboxylic acids is 4. The van der Waals surface area contributed by atoms with Crippen molar-refractivity contribution in [1.29, 1.82) is 0 Å². The second-order valence-electron chi connectivity index (χ2n) is 12.4. The van der Waals surface area contributed by atoms with Gasteiger partial charge in [-0.05, 0) is 42.9 Å². The van der Waals surface area contributed by atoms with Crippen molar-refractivity contribution in [2.24, 2.45) is 11.8 Å². The van der Waals surface area contributed by atoms with E-state index < -0.39 is 53.7 Å². The normalized spacial score (nSPS) is 17.3. The summed E-state index contributed by atoms with van der Waals surface area (Å²) in [5, 5.41) is 9.53. The summed E-state index contributed by atoms with van der Waals surface area (Å²) in [7, 11) is 0. The molecule has 0 bridgehead atoms. The van der Waals surface area contributed by atoms with Gasteiger partial charge in [-0.15, -0.1) is 0 Å². The Kier molecular flexibility index (Phi) is 9.89. The van der Waals surface area contributed by atoms with Crippen LogP contribution in [0.2, 0.25) is 0 Å². The maximum Gasteiger partial charge on any atom is 0.452 e. The molecule has 12 heteroatoms. The number of benzene rings is 1. The first-order valence-electron chi connectivity index (χ1n) is 14.1. The molecule has 1 fully saturated rings. The maximum atomic E-state index is 13.7. The lowest BCUT2D eigenvalue weighted by molar-refractivity contribution is -0.175. The van der Waals surface area contributed by atoms with Crippen molar-refractivity contribution in [3.05, 3.63) is 47.8 Å². The minimum Gasteiger partial charge on any atom is -0.344 e. The molecule has 0 spiro atoms. The number of ketones is 1. The van der Waals surface area contributed by atoms with Gasteiger partial charge in [0.15, 0.2) is 5.69 Å². The molecule has 230 valence electrons. The van der Waals surface area contributed by atoms with E-state index in [-0.39, 0.29) is 30.0 Å². The number of nitrogens with zero attached hydrogens (tertiary/aromatic N) is 3. The summed E-state index contributed by atoms with van der Waals surface area (Å²) in [4.78, 5) is 53.4. The van der Waals surface area contributed by atoms with E-state index in [0.717, 1.165) is 11.4 Å². The molecule has 0 unspecified atom stereocenters. The summed E-state index contributed by atoms with van der Waals surface area (Å²) < 4.78 is 41.1. The first-order valence-corrected chi connectivity index (χ1v) is 14.1. The number of alkyl halides is 3. The Morgan fingerprint density at radius 3 is 2.05 bits per heavy atom. The zero-order valence-corrected chi connectivity index (χ0v) is 25.1.